The van der Waals surface area contributed by atoms with Crippen molar-refractivity contribution >= 4 is 17.7 Å². The number of benzene rings is 1. The van der Waals surface area contributed by atoms with E-state index in [2.05, 4.69) is 10.5 Å². The monoisotopic (exact) mass is 371 g/mol. The largest absolute Gasteiger partial charge is 0.465 e. The number of hydrogen-bond acceptors (Lipinski definition) is 4. The second kappa shape index (κ2) is 6.85. The summed E-state index contributed by atoms with van der Waals surface area (Å²) in [7, 11) is 0. The fourth-order valence-corrected chi connectivity index (χ4v) is 3.01. The Labute approximate surface area is 146 Å². The van der Waals surface area contributed by atoms with Gasteiger partial charge in [-0.1, -0.05) is 17.3 Å². The lowest BCUT2D eigenvalue weighted by atomic mass is 10.0. The van der Waals surface area contributed by atoms with Crippen LogP contribution in [0.2, 0.25) is 0 Å². The van der Waals surface area contributed by atoms with Gasteiger partial charge in [-0.2, -0.15) is 13.2 Å². The van der Waals surface area contributed by atoms with Crippen LogP contribution in [0.15, 0.2) is 29.4 Å². The number of hydrogen-bond donors (Lipinski definition) is 2. The van der Waals surface area contributed by atoms with Gasteiger partial charge in [0.25, 0.3) is 5.91 Å². The molecule has 2 heterocycles. The second-order valence-corrected chi connectivity index (χ2v) is 6.13. The van der Waals surface area contributed by atoms with Gasteiger partial charge in [0.15, 0.2) is 0 Å². The van der Waals surface area contributed by atoms with Crippen molar-refractivity contribution < 1.29 is 32.7 Å². The predicted octanol–water partition coefficient (Wildman–Crippen LogP) is 2.07. The molecule has 2 aliphatic heterocycles. The number of rotatable bonds is 3. The van der Waals surface area contributed by atoms with E-state index in [1.807, 2.05) is 0 Å². The van der Waals surface area contributed by atoms with Gasteiger partial charge in [-0.25, -0.2) is 4.79 Å². The lowest BCUT2D eigenvalue weighted by molar-refractivity contribution is -0.141. The zero-order valence-electron chi connectivity index (χ0n) is 13.5. The summed E-state index contributed by atoms with van der Waals surface area (Å²) >= 11 is 0. The molecule has 26 heavy (non-hydrogen) atoms. The molecule has 0 saturated carbocycles. The summed E-state index contributed by atoms with van der Waals surface area (Å²) < 4.78 is 38.4. The van der Waals surface area contributed by atoms with E-state index in [9.17, 15) is 22.8 Å². The molecule has 0 aromatic heterocycles. The zero-order valence-corrected chi connectivity index (χ0v) is 13.5. The molecule has 2 N–H and O–H groups in total. The fourth-order valence-electron chi connectivity index (χ4n) is 3.01. The summed E-state index contributed by atoms with van der Waals surface area (Å²) in [5.41, 5.74) is -0.273. The van der Waals surface area contributed by atoms with Crippen molar-refractivity contribution in [1.29, 1.82) is 0 Å². The van der Waals surface area contributed by atoms with Crippen molar-refractivity contribution in [1.82, 2.24) is 10.2 Å². The van der Waals surface area contributed by atoms with E-state index >= 15 is 0 Å². The fraction of sp³-hybridized carbons (Fsp3) is 0.438. The normalized spacial score (nSPS) is 22.7. The van der Waals surface area contributed by atoms with E-state index < -0.39 is 23.9 Å². The van der Waals surface area contributed by atoms with Gasteiger partial charge in [0.2, 0.25) is 6.10 Å². The minimum Gasteiger partial charge on any atom is -0.465 e. The van der Waals surface area contributed by atoms with Crippen LogP contribution in [-0.4, -0.2) is 53.0 Å². The number of likely N-dealkylation sites (tertiary alicyclic amines) is 1. The first-order valence-electron chi connectivity index (χ1n) is 7.92. The average molecular weight is 371 g/mol. The molecule has 1 fully saturated rings. The summed E-state index contributed by atoms with van der Waals surface area (Å²) in [4.78, 5) is 29.7. The van der Waals surface area contributed by atoms with E-state index in [4.69, 9.17) is 9.94 Å². The van der Waals surface area contributed by atoms with E-state index in [1.165, 1.54) is 17.0 Å². The van der Waals surface area contributed by atoms with E-state index in [1.54, 1.807) is 0 Å². The number of carboxylic acid groups (broad SMARTS) is 1. The van der Waals surface area contributed by atoms with Gasteiger partial charge in [0.1, 0.15) is 0 Å². The number of carbonyl (C=O) groups excluding carboxylic acids is 1. The highest BCUT2D eigenvalue weighted by Crippen LogP contribution is 2.30. The third-order valence-electron chi connectivity index (χ3n) is 4.29. The molecule has 10 heteroatoms. The van der Waals surface area contributed by atoms with Crippen LogP contribution in [0.4, 0.5) is 18.0 Å². The van der Waals surface area contributed by atoms with Crippen LogP contribution in [0.1, 0.15) is 24.0 Å². The van der Waals surface area contributed by atoms with Crippen LogP contribution in [0.3, 0.4) is 0 Å². The summed E-state index contributed by atoms with van der Waals surface area (Å²) in [6.07, 6.45) is -5.98. The standard InChI is InChI=1S/C16H16F3N3O4/c17-16(18,19)10-3-1-2-9(6-10)12-7-13(26-21-12)14(23)22-5-4-11(8-22)20-15(24)25/h1-3,6,11,13,20H,4-5,7-8H2,(H,24,25)/t11-,13?/m0/s1. The Hall–Kier alpha value is -2.78. The highest BCUT2D eigenvalue weighted by Gasteiger charge is 2.37. The molecule has 2 amide bonds. The first-order valence-corrected chi connectivity index (χ1v) is 7.92. The molecule has 1 aromatic rings. The topological polar surface area (TPSA) is 91.2 Å². The molecule has 1 saturated heterocycles. The number of carbonyl (C=O) groups is 2. The lowest BCUT2D eigenvalue weighted by Crippen LogP contribution is -2.41. The molecule has 2 aliphatic rings. The number of amides is 2. The molecule has 0 radical (unpaired) electrons. The molecule has 140 valence electrons. The van der Waals surface area contributed by atoms with Gasteiger partial charge in [-0.15, -0.1) is 0 Å². The molecule has 2 atom stereocenters. The van der Waals surface area contributed by atoms with Gasteiger partial charge in [0, 0.05) is 25.1 Å². The molecule has 7 nitrogen and oxygen atoms in total. The zero-order chi connectivity index (χ0) is 18.9. The van der Waals surface area contributed by atoms with Crippen LogP contribution in [0.5, 0.6) is 0 Å². The van der Waals surface area contributed by atoms with E-state index in [-0.39, 0.29) is 36.2 Å². The van der Waals surface area contributed by atoms with Crippen LogP contribution in [0.25, 0.3) is 0 Å². The Morgan fingerprint density at radius 3 is 2.81 bits per heavy atom. The Kier molecular flexibility index (Phi) is 4.75. The minimum atomic E-state index is -4.47. The molecular formula is C16H16F3N3O4. The summed E-state index contributed by atoms with van der Waals surface area (Å²) in [6, 6.07) is 4.34. The number of oxime groups is 1. The van der Waals surface area contributed by atoms with Crippen LogP contribution < -0.4 is 5.32 Å². The number of nitrogens with zero attached hydrogens (tertiary/aromatic N) is 2. The minimum absolute atomic E-state index is 0.0632. The molecule has 1 aromatic carbocycles. The van der Waals surface area contributed by atoms with E-state index in [0.29, 0.717) is 13.0 Å². The first kappa shape index (κ1) is 18.0. The van der Waals surface area contributed by atoms with Gasteiger partial charge >= 0.3 is 12.3 Å². The smallest absolute Gasteiger partial charge is 0.416 e. The molecule has 0 spiro atoms. The van der Waals surface area contributed by atoms with Crippen molar-refractivity contribution in [2.24, 2.45) is 5.16 Å². The van der Waals surface area contributed by atoms with Gasteiger partial charge in [-0.3, -0.25) is 4.79 Å². The SMILES string of the molecule is O=C(O)N[C@H]1CCN(C(=O)C2CC(c3cccc(C(F)(F)F)c3)=NO2)C1. The van der Waals surface area contributed by atoms with Crippen LogP contribution in [0, 0.1) is 0 Å². The number of nitrogens with one attached hydrogen (secondary N) is 1. The Morgan fingerprint density at radius 1 is 1.35 bits per heavy atom. The maximum atomic E-state index is 12.8. The van der Waals surface area contributed by atoms with Crippen LogP contribution in [-0.2, 0) is 15.8 Å². The predicted molar refractivity (Wildman–Crippen MR) is 83.6 cm³/mol. The van der Waals surface area contributed by atoms with E-state index in [0.717, 1.165) is 12.1 Å². The highest BCUT2D eigenvalue weighted by atomic mass is 19.4. The summed E-state index contributed by atoms with van der Waals surface area (Å²) in [5, 5.41) is 14.8. The average Bonchev–Trinajstić information content (AvgIpc) is 3.22. The third kappa shape index (κ3) is 3.89. The summed E-state index contributed by atoms with van der Waals surface area (Å²) in [5.74, 6) is -0.356. The van der Waals surface area contributed by atoms with Gasteiger partial charge < -0.3 is 20.2 Å². The van der Waals surface area contributed by atoms with Crippen LogP contribution >= 0.6 is 0 Å². The van der Waals surface area contributed by atoms with Crippen molar-refractivity contribution in [3.8, 4) is 0 Å². The third-order valence-corrected chi connectivity index (χ3v) is 4.29. The molecular weight excluding hydrogens is 355 g/mol. The molecule has 3 rings (SSSR count). The molecule has 0 aliphatic carbocycles. The Bertz CT molecular complexity index is 751. The summed E-state index contributed by atoms with van der Waals surface area (Å²) in [6.45, 7) is 0.604. The number of halogens is 3. The van der Waals surface area contributed by atoms with Gasteiger partial charge in [0.05, 0.1) is 17.3 Å². The van der Waals surface area contributed by atoms with Crippen molar-refractivity contribution in [2.75, 3.05) is 13.1 Å². The molecule has 0 bridgehead atoms. The highest BCUT2D eigenvalue weighted by molar-refractivity contribution is 6.04. The first-order chi connectivity index (χ1) is 12.2. The molecule has 1 unspecified atom stereocenters. The Balaban J connectivity index is 1.62. The maximum Gasteiger partial charge on any atom is 0.416 e. The van der Waals surface area contributed by atoms with Crippen molar-refractivity contribution in [3.05, 3.63) is 35.4 Å². The quantitative estimate of drug-likeness (QED) is 0.851. The number of alkyl halides is 3. The van der Waals surface area contributed by atoms with Crippen molar-refractivity contribution in [2.45, 2.75) is 31.2 Å². The second-order valence-electron chi connectivity index (χ2n) is 6.13. The Morgan fingerprint density at radius 2 is 2.12 bits per heavy atom. The van der Waals surface area contributed by atoms with Crippen molar-refractivity contribution in [3.63, 3.8) is 0 Å². The lowest BCUT2D eigenvalue weighted by Gasteiger charge is -2.19. The van der Waals surface area contributed by atoms with Gasteiger partial charge in [-0.05, 0) is 18.6 Å². The maximum absolute atomic E-state index is 12.8.